The quantitative estimate of drug-likeness (QED) is 0.0167. The number of carbonyl (C=O) groups excluding carboxylic acids is 9. The van der Waals surface area contributed by atoms with E-state index in [2.05, 4.69) is 42.6 Å². The predicted octanol–water partition coefficient (Wildman–Crippen LogP) is 6.06. The van der Waals surface area contributed by atoms with Crippen molar-refractivity contribution in [2.75, 3.05) is 59.6 Å². The van der Waals surface area contributed by atoms with Gasteiger partial charge in [-0.2, -0.15) is 70.2 Å². The highest BCUT2D eigenvalue weighted by Gasteiger charge is 2.64. The molecule has 0 saturated heterocycles. The van der Waals surface area contributed by atoms with Gasteiger partial charge in [-0.05, 0) is 92.9 Å². The molecule has 59 heteroatoms. The van der Waals surface area contributed by atoms with E-state index in [-0.39, 0.29) is 25.9 Å². The van der Waals surface area contributed by atoms with Gasteiger partial charge in [-0.15, -0.1) is 0 Å². The van der Waals surface area contributed by atoms with E-state index in [1.807, 2.05) is 6.92 Å². The fourth-order valence-electron chi connectivity index (χ4n) is 4.64. The summed E-state index contributed by atoms with van der Waals surface area (Å²) in [7, 11) is -37.4. The largest absolute Gasteiger partial charge is 0.743 e. The molecule has 0 heterocycles. The van der Waals surface area contributed by atoms with E-state index in [9.17, 15) is 191 Å². The Balaban J connectivity index is -0.000000308. The predicted molar refractivity (Wildman–Crippen MR) is 337 cm³/mol. The number of ether oxygens (including phenoxy) is 10. The highest BCUT2D eigenvalue weighted by molar-refractivity contribution is 7.88. The van der Waals surface area contributed by atoms with Gasteiger partial charge < -0.3 is 74.7 Å². The molecule has 0 amide bonds. The Morgan fingerprint density at radius 3 is 0.833 bits per heavy atom. The van der Waals surface area contributed by atoms with Crippen LogP contribution in [-0.2, 0) is 151 Å². The smallest absolute Gasteiger partial charge is 0.433 e. The number of unbranched alkanes of at least 4 members (excludes halogenated alkanes) is 1. The summed E-state index contributed by atoms with van der Waals surface area (Å²) in [5, 5.41) is -31.8. The molecule has 37 nitrogen and oxygen atoms in total. The lowest BCUT2D eigenvalue weighted by atomic mass is 9.91. The van der Waals surface area contributed by atoms with Crippen molar-refractivity contribution < 1.29 is 239 Å². The fourth-order valence-corrected chi connectivity index (χ4v) is 6.41. The van der Waals surface area contributed by atoms with E-state index in [1.165, 1.54) is 41.5 Å². The lowest BCUT2D eigenvalue weighted by Crippen LogP contribution is -2.50. The zero-order valence-electron chi connectivity index (χ0n) is 62.4. The molecule has 0 N–H and O–H groups in total. The number of rotatable bonds is 41. The van der Waals surface area contributed by atoms with Crippen molar-refractivity contribution in [3.05, 3.63) is 0 Å². The van der Waals surface area contributed by atoms with Gasteiger partial charge in [0.25, 0.3) is 0 Å². The molecule has 678 valence electrons. The number of carbonyl (C=O) groups is 9. The van der Waals surface area contributed by atoms with Gasteiger partial charge in [0, 0.05) is 0 Å². The average Bonchev–Trinajstić information content (AvgIpc) is 0.783. The molecule has 0 radical (unpaired) electrons. The number of alkyl halides is 16. The summed E-state index contributed by atoms with van der Waals surface area (Å²) in [6.07, 6.45) is -2.77. The number of hydrogen-bond donors (Lipinski definition) is 0. The van der Waals surface area contributed by atoms with Gasteiger partial charge in [-0.3, -0.25) is 28.8 Å². The van der Waals surface area contributed by atoms with Crippen LogP contribution < -0.4 is 0 Å². The Hall–Kier alpha value is -6.47. The Morgan fingerprint density at radius 1 is 0.307 bits per heavy atom. The first kappa shape index (κ1) is 118. The molecule has 0 bridgehead atoms. The van der Waals surface area contributed by atoms with Crippen molar-refractivity contribution in [1.29, 1.82) is 0 Å². The molecule has 0 spiro atoms. The summed E-state index contributed by atoms with van der Waals surface area (Å²) in [5.74, 6) is -19.5. The van der Waals surface area contributed by atoms with Crippen LogP contribution in [0, 0.1) is 34.0 Å². The number of esters is 9. The maximum Gasteiger partial charge on any atom is 0.433 e. The van der Waals surface area contributed by atoms with Crippen LogP contribution in [0.25, 0.3) is 0 Å². The standard InChI is InChI=1S/C12H20F2O7S.C10H16F2O7S.C9H14F4O6S.C9H14F2O7S.C8H12F4O5S.C7H12F2O5S/c1-4-11(2,3)9(15)20-7-5-6-8-21-10(16)12(13,14)22(17,18)19;1-4-9(2,3)7(13)18-5-6-19-8(14)10(11,12)20(15,16)17;1-3-6(2)7(14)18-4-5-19-8(10,11)9(12,13)20(15,16)17;1-4-8(2,3)6(12)17-5-18-7(13)9(10,11)19(14,15)16;1-3-5(2)6(13)17-4-7(9,10)8(11,12)18(14,15)16;1-3-5(2)6(10)14-4-7(8,9)15(11,12)13/h4-8H2,1-3H3,(H,17,18,19);4-6H2,1-3H3,(H,15,16,17);6H,3-5H2,1-2H3,(H,15,16,17);4-5H2,1-3H3,(H,14,15,16);5H,3-4H2,1-2H3,(H,14,15,16);5H,3-4H2,1-2H3,(H,11,12,13)/p-6. The second kappa shape index (κ2) is 47.2. The molecule has 0 aliphatic rings. The van der Waals surface area contributed by atoms with Gasteiger partial charge >= 0.3 is 97.3 Å². The lowest BCUT2D eigenvalue weighted by molar-refractivity contribution is -0.320. The highest BCUT2D eigenvalue weighted by Crippen LogP contribution is 2.40. The average molecular weight is 1830 g/mol. The Kier molecular flexibility index (Phi) is 49.0. The normalized spacial score (nSPS) is 13.9. The van der Waals surface area contributed by atoms with Crippen molar-refractivity contribution in [3.63, 3.8) is 0 Å². The molecule has 0 aromatic rings. The van der Waals surface area contributed by atoms with Crippen molar-refractivity contribution in [2.24, 2.45) is 34.0 Å². The molecule has 114 heavy (non-hydrogen) atoms. The van der Waals surface area contributed by atoms with Crippen LogP contribution in [0.1, 0.15) is 155 Å². The minimum Gasteiger partial charge on any atom is -0.743 e. The monoisotopic (exact) mass is 1830 g/mol. The number of halogens is 16. The molecule has 0 rings (SSSR count). The molecule has 0 aliphatic carbocycles. The van der Waals surface area contributed by atoms with Gasteiger partial charge in [0.2, 0.25) is 6.79 Å². The van der Waals surface area contributed by atoms with Crippen LogP contribution in [0.15, 0.2) is 0 Å². The topological polar surface area (TPSA) is 589 Å². The van der Waals surface area contributed by atoms with E-state index >= 15 is 0 Å². The molecule has 0 saturated carbocycles. The van der Waals surface area contributed by atoms with Crippen molar-refractivity contribution in [3.8, 4) is 0 Å². The van der Waals surface area contributed by atoms with Crippen LogP contribution in [0.4, 0.5) is 70.2 Å². The van der Waals surface area contributed by atoms with Gasteiger partial charge in [0.1, 0.15) is 19.8 Å². The molecule has 3 atom stereocenters. The highest BCUT2D eigenvalue weighted by atomic mass is 32.2. The van der Waals surface area contributed by atoms with Crippen LogP contribution >= 0.6 is 0 Å². The summed E-state index contributed by atoms with van der Waals surface area (Å²) in [6, 6.07) is 0. The van der Waals surface area contributed by atoms with E-state index in [1.54, 1.807) is 55.4 Å². The van der Waals surface area contributed by atoms with E-state index in [0.29, 0.717) is 32.1 Å². The van der Waals surface area contributed by atoms with Crippen LogP contribution in [0.3, 0.4) is 0 Å². The lowest BCUT2D eigenvalue weighted by Gasteiger charge is -2.28. The third kappa shape index (κ3) is 39.7. The molecule has 0 aliphatic heterocycles. The van der Waals surface area contributed by atoms with E-state index < -0.39 is 245 Å². The summed E-state index contributed by atoms with van der Waals surface area (Å²) in [6.45, 7) is 15.0. The molecule has 0 aromatic heterocycles. The minimum atomic E-state index is -6.60. The van der Waals surface area contributed by atoms with Crippen molar-refractivity contribution >= 4 is 114 Å². The van der Waals surface area contributed by atoms with Crippen molar-refractivity contribution in [2.45, 2.75) is 199 Å². The maximum atomic E-state index is 12.8. The Labute approximate surface area is 642 Å². The maximum absolute atomic E-state index is 12.8. The summed E-state index contributed by atoms with van der Waals surface area (Å²) in [4.78, 5) is 99.5. The third-order valence-electron chi connectivity index (χ3n) is 14.1. The van der Waals surface area contributed by atoms with Crippen LogP contribution in [-0.4, -0.2) is 235 Å². The second-order valence-corrected chi connectivity index (χ2v) is 32.9. The summed E-state index contributed by atoms with van der Waals surface area (Å²) >= 11 is 0. The first-order valence-corrected chi connectivity index (χ1v) is 39.8. The van der Waals surface area contributed by atoms with Crippen LogP contribution in [0.5, 0.6) is 0 Å². The first-order valence-electron chi connectivity index (χ1n) is 31.3. The van der Waals surface area contributed by atoms with Gasteiger partial charge in [0.05, 0.1) is 53.8 Å². The SMILES string of the molecule is CCC(C)(C)C(=O)OCCCCOC(=O)C(F)(F)S(=O)(=O)[O-].CCC(C)(C)C(=O)OCCOC(=O)C(F)(F)S(=O)(=O)[O-].CCC(C)(C)C(=O)OCOC(=O)C(F)(F)S(=O)(=O)[O-].CCC(C)C(=O)OCC(F)(F)C(F)(F)S(=O)(=O)[O-].CCC(C)C(=O)OCC(F)(F)S(=O)(=O)[O-].CCC(C)C(=O)OCCOC(F)(F)C(F)(F)S(=O)(=O)[O-]. The summed E-state index contributed by atoms with van der Waals surface area (Å²) in [5.41, 5.74) is -2.33. The Morgan fingerprint density at radius 2 is 0.553 bits per heavy atom. The van der Waals surface area contributed by atoms with E-state index in [0.717, 1.165) is 0 Å². The van der Waals surface area contributed by atoms with Crippen LogP contribution in [0.2, 0.25) is 0 Å². The second-order valence-electron chi connectivity index (χ2n) is 24.3. The van der Waals surface area contributed by atoms with Gasteiger partial charge in [-0.25, -0.2) is 64.9 Å². The fraction of sp³-hybridized carbons (Fsp3) is 0.836. The van der Waals surface area contributed by atoms with E-state index in [4.69, 9.17) is 4.74 Å². The zero-order valence-corrected chi connectivity index (χ0v) is 67.3. The molecule has 0 fully saturated rings. The third-order valence-corrected chi connectivity index (χ3v) is 19.1. The molecular weight excluding hydrogens is 1750 g/mol. The molecule has 0 aromatic carbocycles. The summed E-state index contributed by atoms with van der Waals surface area (Å²) < 4.78 is 425. The van der Waals surface area contributed by atoms with Crippen molar-refractivity contribution in [1.82, 2.24) is 0 Å². The zero-order chi connectivity index (χ0) is 92.5. The van der Waals surface area contributed by atoms with Gasteiger partial charge in [0.15, 0.2) is 73.9 Å². The molecule has 3 unspecified atom stereocenters. The molecular formula is C55H82F16O37S6-6. The number of hydrogen-bond acceptors (Lipinski definition) is 37. The Bertz CT molecular complexity index is 3860. The van der Waals surface area contributed by atoms with Gasteiger partial charge in [-0.1, -0.05) is 62.3 Å². The first-order chi connectivity index (χ1) is 50.4. The minimum absolute atomic E-state index is 0.00998.